The largest absolute Gasteiger partial charge is 0.481 e. The molecule has 0 aliphatic carbocycles. The van der Waals surface area contributed by atoms with Gasteiger partial charge < -0.3 is 21.5 Å². The van der Waals surface area contributed by atoms with Crippen LogP contribution in [0, 0.1) is 0 Å². The number of hydrogen-bond acceptors (Lipinski definition) is 4. The first-order valence-corrected chi connectivity index (χ1v) is 4.43. The summed E-state index contributed by atoms with van der Waals surface area (Å²) in [5.41, 5.74) is 5.28. The predicted octanol–water partition coefficient (Wildman–Crippen LogP) is -1.96. The monoisotopic (exact) mass is 217 g/mol. The molecular formula is C8H15N3O4. The van der Waals surface area contributed by atoms with Crippen LogP contribution < -0.4 is 16.4 Å². The number of hydrogen-bond donors (Lipinski definition) is 4. The zero-order valence-corrected chi connectivity index (χ0v) is 8.45. The Morgan fingerprint density at radius 1 is 1.27 bits per heavy atom. The highest BCUT2D eigenvalue weighted by Crippen LogP contribution is 1.87. The highest BCUT2D eigenvalue weighted by atomic mass is 16.4. The van der Waals surface area contributed by atoms with Gasteiger partial charge in [-0.15, -0.1) is 0 Å². The van der Waals surface area contributed by atoms with Gasteiger partial charge in [0.05, 0.1) is 12.5 Å². The fourth-order valence-corrected chi connectivity index (χ4v) is 0.836. The van der Waals surface area contributed by atoms with E-state index in [1.807, 2.05) is 0 Å². The van der Waals surface area contributed by atoms with E-state index in [0.29, 0.717) is 6.54 Å². The summed E-state index contributed by atoms with van der Waals surface area (Å²) in [6.45, 7) is 1.88. The molecule has 0 bridgehead atoms. The van der Waals surface area contributed by atoms with Gasteiger partial charge in [-0.1, -0.05) is 0 Å². The minimum atomic E-state index is -1.13. The summed E-state index contributed by atoms with van der Waals surface area (Å²) >= 11 is 0. The van der Waals surface area contributed by atoms with Crippen LogP contribution in [0.1, 0.15) is 13.3 Å². The maximum atomic E-state index is 11.1. The van der Waals surface area contributed by atoms with Gasteiger partial charge in [-0.25, -0.2) is 0 Å². The Morgan fingerprint density at radius 2 is 1.80 bits per heavy atom. The van der Waals surface area contributed by atoms with E-state index < -0.39 is 24.3 Å². The fraction of sp³-hybridized carbons (Fsp3) is 0.625. The van der Waals surface area contributed by atoms with Crippen molar-refractivity contribution in [3.63, 3.8) is 0 Å². The topological polar surface area (TPSA) is 122 Å². The van der Waals surface area contributed by atoms with Gasteiger partial charge in [0.25, 0.3) is 0 Å². The van der Waals surface area contributed by atoms with E-state index >= 15 is 0 Å². The van der Waals surface area contributed by atoms with E-state index in [-0.39, 0.29) is 12.5 Å². The van der Waals surface area contributed by atoms with Crippen LogP contribution in [0.25, 0.3) is 0 Å². The van der Waals surface area contributed by atoms with Crippen molar-refractivity contribution in [1.29, 1.82) is 0 Å². The number of carboxylic acid groups (broad SMARTS) is 1. The first kappa shape index (κ1) is 13.4. The van der Waals surface area contributed by atoms with Crippen molar-refractivity contribution in [2.24, 2.45) is 5.73 Å². The summed E-state index contributed by atoms with van der Waals surface area (Å²) in [7, 11) is 0. The normalized spacial score (nSPS) is 11.6. The van der Waals surface area contributed by atoms with Crippen LogP contribution >= 0.6 is 0 Å². The molecule has 5 N–H and O–H groups in total. The molecule has 1 atom stereocenters. The number of carboxylic acids is 1. The van der Waals surface area contributed by atoms with E-state index in [9.17, 15) is 14.4 Å². The molecule has 15 heavy (non-hydrogen) atoms. The Bertz CT molecular complexity index is 254. The highest BCUT2D eigenvalue weighted by Gasteiger charge is 2.15. The SMILES string of the molecule is CC(=O)NCCNC(=O)C(N)CC(=O)O. The number of carbonyl (C=O) groups is 3. The molecule has 0 aromatic heterocycles. The minimum absolute atomic E-state index is 0.195. The fourth-order valence-electron chi connectivity index (χ4n) is 0.836. The molecule has 7 heteroatoms. The first-order valence-electron chi connectivity index (χ1n) is 4.43. The Morgan fingerprint density at radius 3 is 2.27 bits per heavy atom. The number of nitrogens with two attached hydrogens (primary N) is 1. The second-order valence-electron chi connectivity index (χ2n) is 2.98. The average Bonchev–Trinajstić information content (AvgIpc) is 2.10. The summed E-state index contributed by atoms with van der Waals surface area (Å²) in [5.74, 6) is -1.86. The third kappa shape index (κ3) is 7.44. The molecular weight excluding hydrogens is 202 g/mol. The number of aliphatic carboxylic acids is 1. The maximum Gasteiger partial charge on any atom is 0.305 e. The molecule has 0 aromatic carbocycles. The van der Waals surface area contributed by atoms with Gasteiger partial charge in [0, 0.05) is 20.0 Å². The lowest BCUT2D eigenvalue weighted by Crippen LogP contribution is -2.44. The van der Waals surface area contributed by atoms with Crippen molar-refractivity contribution in [1.82, 2.24) is 10.6 Å². The molecule has 2 amide bonds. The quantitative estimate of drug-likeness (QED) is 0.385. The molecule has 1 unspecified atom stereocenters. The van der Waals surface area contributed by atoms with Crippen LogP contribution in [0.5, 0.6) is 0 Å². The van der Waals surface area contributed by atoms with E-state index in [4.69, 9.17) is 10.8 Å². The molecule has 0 saturated carbocycles. The number of carbonyl (C=O) groups excluding carboxylic acids is 2. The summed E-state index contributed by atoms with van der Waals surface area (Å²) in [6.07, 6.45) is -0.411. The van der Waals surface area contributed by atoms with Crippen molar-refractivity contribution in [3.05, 3.63) is 0 Å². The van der Waals surface area contributed by atoms with Crippen LogP contribution in [0.4, 0.5) is 0 Å². The summed E-state index contributed by atoms with van der Waals surface area (Å²) < 4.78 is 0. The molecule has 0 saturated heterocycles. The van der Waals surface area contributed by atoms with E-state index in [2.05, 4.69) is 10.6 Å². The lowest BCUT2D eigenvalue weighted by molar-refractivity contribution is -0.139. The standard InChI is InChI=1S/C8H15N3O4/c1-5(12)10-2-3-11-8(15)6(9)4-7(13)14/h6H,2-4,9H2,1H3,(H,10,12)(H,11,15)(H,13,14). The lowest BCUT2D eigenvalue weighted by Gasteiger charge is -2.09. The molecule has 0 aromatic rings. The van der Waals surface area contributed by atoms with Crippen molar-refractivity contribution in [2.75, 3.05) is 13.1 Å². The van der Waals surface area contributed by atoms with Crippen molar-refractivity contribution >= 4 is 17.8 Å². The van der Waals surface area contributed by atoms with Gasteiger partial charge >= 0.3 is 5.97 Å². The molecule has 0 radical (unpaired) electrons. The molecule has 0 aliphatic heterocycles. The van der Waals surface area contributed by atoms with Gasteiger partial charge in [0.15, 0.2) is 0 Å². The molecule has 0 rings (SSSR count). The van der Waals surface area contributed by atoms with Gasteiger partial charge in [0.1, 0.15) is 0 Å². The van der Waals surface area contributed by atoms with Crippen LogP contribution in [0.2, 0.25) is 0 Å². The van der Waals surface area contributed by atoms with Crippen LogP contribution in [0.15, 0.2) is 0 Å². The second kappa shape index (κ2) is 6.77. The summed E-state index contributed by atoms with van der Waals surface area (Å²) in [4.78, 5) is 31.8. The summed E-state index contributed by atoms with van der Waals surface area (Å²) in [5, 5.41) is 13.2. The first-order chi connectivity index (χ1) is 6.93. The van der Waals surface area contributed by atoms with Crippen molar-refractivity contribution in [3.8, 4) is 0 Å². The van der Waals surface area contributed by atoms with Gasteiger partial charge in [-0.2, -0.15) is 0 Å². The Kier molecular flexibility index (Phi) is 6.03. The minimum Gasteiger partial charge on any atom is -0.481 e. The molecule has 86 valence electrons. The zero-order valence-electron chi connectivity index (χ0n) is 8.45. The van der Waals surface area contributed by atoms with Crippen molar-refractivity contribution in [2.45, 2.75) is 19.4 Å². The third-order valence-corrected chi connectivity index (χ3v) is 1.53. The van der Waals surface area contributed by atoms with Crippen LogP contribution in [-0.4, -0.2) is 42.0 Å². The van der Waals surface area contributed by atoms with Gasteiger partial charge in [-0.05, 0) is 0 Å². The molecule has 0 aliphatic rings. The zero-order chi connectivity index (χ0) is 11.8. The highest BCUT2D eigenvalue weighted by molar-refractivity contribution is 5.85. The predicted molar refractivity (Wildman–Crippen MR) is 51.9 cm³/mol. The van der Waals surface area contributed by atoms with Crippen LogP contribution in [-0.2, 0) is 14.4 Å². The lowest BCUT2D eigenvalue weighted by atomic mass is 10.2. The Labute approximate surface area is 87.0 Å². The van der Waals surface area contributed by atoms with E-state index in [1.54, 1.807) is 0 Å². The maximum absolute atomic E-state index is 11.1. The van der Waals surface area contributed by atoms with E-state index in [1.165, 1.54) is 6.92 Å². The number of nitrogens with one attached hydrogen (secondary N) is 2. The van der Waals surface area contributed by atoms with Gasteiger partial charge in [-0.3, -0.25) is 14.4 Å². The average molecular weight is 217 g/mol. The molecule has 0 spiro atoms. The Hall–Kier alpha value is -1.63. The second-order valence-corrected chi connectivity index (χ2v) is 2.98. The van der Waals surface area contributed by atoms with E-state index in [0.717, 1.165) is 0 Å². The summed E-state index contributed by atoms with van der Waals surface area (Å²) in [6, 6.07) is -1.06. The van der Waals surface area contributed by atoms with Crippen molar-refractivity contribution < 1.29 is 19.5 Å². The number of amides is 2. The van der Waals surface area contributed by atoms with Gasteiger partial charge in [0.2, 0.25) is 11.8 Å². The Balaban J connectivity index is 3.64. The molecule has 0 heterocycles. The van der Waals surface area contributed by atoms with Crippen LogP contribution in [0.3, 0.4) is 0 Å². The molecule has 7 nitrogen and oxygen atoms in total. The smallest absolute Gasteiger partial charge is 0.305 e. The number of rotatable bonds is 6. The third-order valence-electron chi connectivity index (χ3n) is 1.53. The molecule has 0 fully saturated rings.